The van der Waals surface area contributed by atoms with Crippen LogP contribution in [0.4, 0.5) is 0 Å². The van der Waals surface area contributed by atoms with Crippen LogP contribution in [0.1, 0.15) is 51.9 Å². The fourth-order valence-corrected chi connectivity index (χ4v) is 4.46. The number of likely N-dealkylation sites (tertiary alicyclic amines) is 2. The van der Waals surface area contributed by atoms with Gasteiger partial charge in [-0.1, -0.05) is 6.92 Å². The number of carbonyl (C=O) groups excluding carboxylic acids is 1. The molecular weight excluding hydrogens is 248 g/mol. The zero-order valence-corrected chi connectivity index (χ0v) is 13.0. The molecule has 20 heavy (non-hydrogen) atoms. The number of hydrogen-bond donors (Lipinski definition) is 0. The van der Waals surface area contributed by atoms with Gasteiger partial charge < -0.3 is 9.69 Å². The molecule has 0 aromatic carbocycles. The molecule has 3 fully saturated rings. The van der Waals surface area contributed by atoms with Crippen molar-refractivity contribution < 1.29 is 4.79 Å². The van der Waals surface area contributed by atoms with Crippen molar-refractivity contribution in [1.82, 2.24) is 9.80 Å². The zero-order valence-electron chi connectivity index (χ0n) is 13.0. The maximum absolute atomic E-state index is 11.7. The number of nitrogens with zero attached hydrogens (tertiary/aromatic N) is 2. The van der Waals surface area contributed by atoms with Crippen molar-refractivity contribution in [2.24, 2.45) is 11.3 Å². The van der Waals surface area contributed by atoms with Crippen LogP contribution in [0.5, 0.6) is 0 Å². The lowest BCUT2D eigenvalue weighted by Gasteiger charge is -2.38. The summed E-state index contributed by atoms with van der Waals surface area (Å²) in [5.74, 6) is 0.819. The standard InChI is InChI=1S/C17H30N2O/c1-15-4-7-17(14-20,8-5-15)13-18-11-6-16(12-18)19-9-2-3-10-19/h14-16H,2-13H2,1H3. The molecule has 3 rings (SSSR count). The molecule has 2 heterocycles. The van der Waals surface area contributed by atoms with E-state index in [0.717, 1.165) is 31.3 Å². The van der Waals surface area contributed by atoms with Gasteiger partial charge in [-0.15, -0.1) is 0 Å². The van der Waals surface area contributed by atoms with Gasteiger partial charge in [0, 0.05) is 24.5 Å². The summed E-state index contributed by atoms with van der Waals surface area (Å²) in [7, 11) is 0. The van der Waals surface area contributed by atoms with E-state index >= 15 is 0 Å². The minimum Gasteiger partial charge on any atom is -0.303 e. The number of rotatable bonds is 4. The van der Waals surface area contributed by atoms with Crippen molar-refractivity contribution >= 4 is 6.29 Å². The van der Waals surface area contributed by atoms with E-state index in [9.17, 15) is 4.79 Å². The molecule has 0 bridgehead atoms. The first-order valence-corrected chi connectivity index (χ1v) is 8.63. The van der Waals surface area contributed by atoms with E-state index in [1.807, 2.05) is 0 Å². The van der Waals surface area contributed by atoms with Crippen LogP contribution < -0.4 is 0 Å². The monoisotopic (exact) mass is 278 g/mol. The average molecular weight is 278 g/mol. The Morgan fingerprint density at radius 1 is 1.10 bits per heavy atom. The van der Waals surface area contributed by atoms with Gasteiger partial charge in [0.2, 0.25) is 0 Å². The Kier molecular flexibility index (Phi) is 4.46. The number of aldehydes is 1. The molecule has 0 spiro atoms. The van der Waals surface area contributed by atoms with E-state index in [4.69, 9.17) is 0 Å². The Labute approximate surface area is 123 Å². The van der Waals surface area contributed by atoms with Crippen molar-refractivity contribution in [1.29, 1.82) is 0 Å². The largest absolute Gasteiger partial charge is 0.303 e. The van der Waals surface area contributed by atoms with Crippen LogP contribution in [0.25, 0.3) is 0 Å². The highest BCUT2D eigenvalue weighted by atomic mass is 16.1. The van der Waals surface area contributed by atoms with Gasteiger partial charge in [0.05, 0.1) is 0 Å². The molecule has 1 unspecified atom stereocenters. The third kappa shape index (κ3) is 3.09. The summed E-state index contributed by atoms with van der Waals surface area (Å²) in [5.41, 5.74) is -0.0214. The predicted octanol–water partition coefficient (Wildman–Crippen LogP) is 2.55. The van der Waals surface area contributed by atoms with E-state index in [1.54, 1.807) is 0 Å². The molecule has 3 aliphatic rings. The van der Waals surface area contributed by atoms with Crippen LogP contribution in [0.3, 0.4) is 0 Å². The molecule has 0 aromatic heterocycles. The van der Waals surface area contributed by atoms with Gasteiger partial charge in [0.1, 0.15) is 6.29 Å². The summed E-state index contributed by atoms with van der Waals surface area (Å²) in [4.78, 5) is 16.9. The highest BCUT2D eigenvalue weighted by molar-refractivity contribution is 5.60. The molecule has 1 aliphatic carbocycles. The van der Waals surface area contributed by atoms with E-state index in [0.29, 0.717) is 0 Å². The second-order valence-corrected chi connectivity index (χ2v) is 7.58. The first kappa shape index (κ1) is 14.5. The molecule has 0 N–H and O–H groups in total. The lowest BCUT2D eigenvalue weighted by molar-refractivity contribution is -0.119. The highest BCUT2D eigenvalue weighted by Gasteiger charge is 2.38. The molecule has 1 saturated carbocycles. The minimum atomic E-state index is -0.0214. The molecule has 3 heteroatoms. The van der Waals surface area contributed by atoms with Crippen molar-refractivity contribution in [2.75, 3.05) is 32.7 Å². The smallest absolute Gasteiger partial charge is 0.127 e. The van der Waals surface area contributed by atoms with Crippen molar-refractivity contribution in [3.8, 4) is 0 Å². The lowest BCUT2D eigenvalue weighted by Crippen LogP contribution is -2.42. The van der Waals surface area contributed by atoms with Gasteiger partial charge >= 0.3 is 0 Å². The Morgan fingerprint density at radius 3 is 2.45 bits per heavy atom. The van der Waals surface area contributed by atoms with E-state index < -0.39 is 0 Å². The topological polar surface area (TPSA) is 23.6 Å². The first-order valence-electron chi connectivity index (χ1n) is 8.63. The molecule has 3 nitrogen and oxygen atoms in total. The van der Waals surface area contributed by atoms with Gasteiger partial charge in [0.25, 0.3) is 0 Å². The Balaban J connectivity index is 1.53. The molecule has 0 amide bonds. The van der Waals surface area contributed by atoms with Crippen molar-refractivity contribution in [3.05, 3.63) is 0 Å². The summed E-state index contributed by atoms with van der Waals surface area (Å²) in [6.45, 7) is 8.35. The van der Waals surface area contributed by atoms with Crippen LogP contribution >= 0.6 is 0 Å². The van der Waals surface area contributed by atoms with E-state index in [1.165, 1.54) is 64.6 Å². The Hall–Kier alpha value is -0.410. The maximum Gasteiger partial charge on any atom is 0.127 e. The molecule has 2 aliphatic heterocycles. The summed E-state index contributed by atoms with van der Waals surface area (Å²) in [6.07, 6.45) is 10.1. The summed E-state index contributed by atoms with van der Waals surface area (Å²) >= 11 is 0. The predicted molar refractivity (Wildman–Crippen MR) is 81.8 cm³/mol. The molecule has 1 atom stereocenters. The maximum atomic E-state index is 11.7. The second-order valence-electron chi connectivity index (χ2n) is 7.58. The van der Waals surface area contributed by atoms with Gasteiger partial charge in [0.15, 0.2) is 0 Å². The molecule has 0 aromatic rings. The Bertz CT molecular complexity index is 330. The van der Waals surface area contributed by atoms with Crippen LogP contribution in [-0.2, 0) is 4.79 Å². The average Bonchev–Trinajstić information content (AvgIpc) is 3.12. The third-order valence-electron chi connectivity index (χ3n) is 5.96. The van der Waals surface area contributed by atoms with Crippen LogP contribution in [-0.4, -0.2) is 54.9 Å². The van der Waals surface area contributed by atoms with Crippen molar-refractivity contribution in [3.63, 3.8) is 0 Å². The van der Waals surface area contributed by atoms with E-state index in [-0.39, 0.29) is 5.41 Å². The van der Waals surface area contributed by atoms with Gasteiger partial charge in [-0.25, -0.2) is 0 Å². The highest BCUT2D eigenvalue weighted by Crippen LogP contribution is 2.38. The summed E-state index contributed by atoms with van der Waals surface area (Å²) in [6, 6.07) is 0.767. The van der Waals surface area contributed by atoms with Crippen LogP contribution in [0.2, 0.25) is 0 Å². The fraction of sp³-hybridized carbons (Fsp3) is 0.941. The summed E-state index contributed by atoms with van der Waals surface area (Å²) < 4.78 is 0. The molecular formula is C17H30N2O. The number of hydrogen-bond acceptors (Lipinski definition) is 3. The fourth-order valence-electron chi connectivity index (χ4n) is 4.46. The third-order valence-corrected chi connectivity index (χ3v) is 5.96. The normalized spacial score (nSPS) is 40.2. The van der Waals surface area contributed by atoms with Crippen LogP contribution in [0.15, 0.2) is 0 Å². The molecule has 114 valence electrons. The molecule has 2 saturated heterocycles. The quantitative estimate of drug-likeness (QED) is 0.738. The van der Waals surface area contributed by atoms with E-state index in [2.05, 4.69) is 16.7 Å². The van der Waals surface area contributed by atoms with Crippen LogP contribution in [0, 0.1) is 11.3 Å². The first-order chi connectivity index (χ1) is 9.71. The SMILES string of the molecule is CC1CCC(C=O)(CN2CCC(N3CCCC3)C2)CC1. The minimum absolute atomic E-state index is 0.0214. The lowest BCUT2D eigenvalue weighted by atomic mass is 9.71. The van der Waals surface area contributed by atoms with Gasteiger partial charge in [-0.05, 0) is 70.5 Å². The second kappa shape index (κ2) is 6.15. The van der Waals surface area contributed by atoms with Gasteiger partial charge in [-0.2, -0.15) is 0 Å². The Morgan fingerprint density at radius 2 is 1.80 bits per heavy atom. The van der Waals surface area contributed by atoms with Crippen molar-refractivity contribution in [2.45, 2.75) is 57.9 Å². The molecule has 0 radical (unpaired) electrons. The summed E-state index contributed by atoms with van der Waals surface area (Å²) in [5, 5.41) is 0. The number of carbonyl (C=O) groups is 1. The van der Waals surface area contributed by atoms with Gasteiger partial charge in [-0.3, -0.25) is 4.90 Å². The zero-order chi connectivity index (χ0) is 14.0.